The number of halogens is 3. The van der Waals surface area contributed by atoms with Crippen molar-refractivity contribution in [3.63, 3.8) is 0 Å². The zero-order chi connectivity index (χ0) is 26.8. The third-order valence-electron chi connectivity index (χ3n) is 6.76. The average Bonchev–Trinajstić information content (AvgIpc) is 3.23. The smallest absolute Gasteiger partial charge is 0.326 e. The number of carbonyl (C=O) groups excluding carboxylic acids is 1. The van der Waals surface area contributed by atoms with Crippen LogP contribution < -0.4 is 5.32 Å². The summed E-state index contributed by atoms with van der Waals surface area (Å²) in [4.78, 5) is 22.5. The lowest BCUT2D eigenvalue weighted by molar-refractivity contribution is 0.240. The summed E-state index contributed by atoms with van der Waals surface area (Å²) in [7, 11) is 0. The highest BCUT2D eigenvalue weighted by Gasteiger charge is 2.26. The van der Waals surface area contributed by atoms with E-state index in [1.807, 2.05) is 6.08 Å². The van der Waals surface area contributed by atoms with E-state index in [4.69, 9.17) is 6.57 Å². The highest BCUT2D eigenvalue weighted by Crippen LogP contribution is 2.33. The Morgan fingerprint density at radius 2 is 1.95 bits per heavy atom. The molecule has 0 atom stereocenters. The molecule has 0 aliphatic carbocycles. The highest BCUT2D eigenvalue weighted by molar-refractivity contribution is 5.97. The van der Waals surface area contributed by atoms with Crippen molar-refractivity contribution in [3.8, 4) is 0 Å². The molecule has 0 unspecified atom stereocenters. The van der Waals surface area contributed by atoms with E-state index < -0.39 is 17.6 Å². The third-order valence-corrected chi connectivity index (χ3v) is 6.76. The van der Waals surface area contributed by atoms with E-state index in [0.29, 0.717) is 48.4 Å². The Labute approximate surface area is 217 Å². The van der Waals surface area contributed by atoms with Gasteiger partial charge in [0.15, 0.2) is 5.69 Å². The molecule has 0 saturated heterocycles. The second-order valence-corrected chi connectivity index (χ2v) is 9.22. The Balaban J connectivity index is 1.39. The normalized spacial score (nSPS) is 13.6. The van der Waals surface area contributed by atoms with Crippen molar-refractivity contribution < 1.29 is 18.0 Å². The fourth-order valence-electron chi connectivity index (χ4n) is 4.77. The van der Waals surface area contributed by atoms with E-state index in [-0.39, 0.29) is 18.1 Å². The van der Waals surface area contributed by atoms with Crippen LogP contribution in [0.25, 0.3) is 21.8 Å². The molecule has 38 heavy (non-hydrogen) atoms. The zero-order valence-electron chi connectivity index (χ0n) is 20.6. The Bertz CT molecular complexity index is 1600. The molecular formula is C29H24F3N5O. The van der Waals surface area contributed by atoms with Crippen LogP contribution >= 0.6 is 0 Å². The molecule has 5 rings (SSSR count). The summed E-state index contributed by atoms with van der Waals surface area (Å²) in [6, 6.07) is 10.4. The molecule has 1 N–H and O–H groups in total. The second-order valence-electron chi connectivity index (χ2n) is 9.22. The lowest BCUT2D eigenvalue weighted by Crippen LogP contribution is -2.34. The first kappa shape index (κ1) is 25.2. The SMILES string of the molecule is [C-]#[N+]c1ccc2c(c1)c1c(n2C(=O)NCc2ccnc(F)c2)CCN(C/C=C/c2cc(F)c(C)c(F)c2)C1. The Kier molecular flexibility index (Phi) is 6.99. The largest absolute Gasteiger partial charge is 0.333 e. The zero-order valence-corrected chi connectivity index (χ0v) is 20.6. The van der Waals surface area contributed by atoms with Crippen molar-refractivity contribution in [3.05, 3.63) is 112 Å². The van der Waals surface area contributed by atoms with Crippen LogP contribution in [0, 0.1) is 31.1 Å². The number of benzene rings is 2. The molecule has 4 aromatic rings. The van der Waals surface area contributed by atoms with E-state index in [1.165, 1.54) is 31.3 Å². The first-order valence-electron chi connectivity index (χ1n) is 12.1. The molecule has 1 amide bonds. The standard InChI is InChI=1S/C29H24F3N5O/c1-18-24(30)12-19(13-25(18)31)4-3-10-36-11-8-27-23(17-36)22-15-21(33-2)5-6-26(22)37(27)29(38)35-16-20-7-9-34-28(32)14-20/h3-7,9,12-15H,8,10-11,16-17H2,1H3,(H,35,38)/b4-3+. The number of nitrogens with zero attached hydrogens (tertiary/aromatic N) is 4. The van der Waals surface area contributed by atoms with E-state index in [9.17, 15) is 18.0 Å². The molecule has 2 aromatic heterocycles. The number of rotatable bonds is 5. The lowest BCUT2D eigenvalue weighted by Gasteiger charge is -2.27. The van der Waals surface area contributed by atoms with Gasteiger partial charge in [0.1, 0.15) is 11.6 Å². The van der Waals surface area contributed by atoms with Gasteiger partial charge in [-0.25, -0.2) is 23.4 Å². The number of amides is 1. The molecule has 1 aliphatic heterocycles. The van der Waals surface area contributed by atoms with E-state index in [1.54, 1.807) is 34.9 Å². The van der Waals surface area contributed by atoms with Gasteiger partial charge in [-0.05, 0) is 65.4 Å². The molecule has 0 fully saturated rings. The van der Waals surface area contributed by atoms with Gasteiger partial charge in [0, 0.05) is 50.1 Å². The molecule has 0 radical (unpaired) electrons. The monoisotopic (exact) mass is 515 g/mol. The predicted octanol–water partition coefficient (Wildman–Crippen LogP) is 6.14. The van der Waals surface area contributed by atoms with Crippen molar-refractivity contribution in [2.75, 3.05) is 13.1 Å². The van der Waals surface area contributed by atoms with Crippen LogP contribution in [0.5, 0.6) is 0 Å². The van der Waals surface area contributed by atoms with E-state index in [0.717, 1.165) is 16.6 Å². The second kappa shape index (κ2) is 10.5. The van der Waals surface area contributed by atoms with Crippen LogP contribution in [0.1, 0.15) is 27.9 Å². The van der Waals surface area contributed by atoms with Crippen LogP contribution in [-0.2, 0) is 19.5 Å². The molecule has 9 heteroatoms. The molecule has 1 aliphatic rings. The van der Waals surface area contributed by atoms with Gasteiger partial charge in [0.25, 0.3) is 0 Å². The Hall–Kier alpha value is -4.42. The first-order valence-corrected chi connectivity index (χ1v) is 12.1. The summed E-state index contributed by atoms with van der Waals surface area (Å²) < 4.78 is 42.8. The summed E-state index contributed by atoms with van der Waals surface area (Å²) in [5.74, 6) is -1.77. The maximum Gasteiger partial charge on any atom is 0.326 e. The van der Waals surface area contributed by atoms with Gasteiger partial charge < -0.3 is 5.32 Å². The Morgan fingerprint density at radius 1 is 1.16 bits per heavy atom. The van der Waals surface area contributed by atoms with Gasteiger partial charge in [-0.3, -0.25) is 9.47 Å². The molecule has 3 heterocycles. The summed E-state index contributed by atoms with van der Waals surface area (Å²) in [5, 5.41) is 3.69. The number of hydrogen-bond acceptors (Lipinski definition) is 3. The van der Waals surface area contributed by atoms with Gasteiger partial charge in [0.05, 0.1) is 12.1 Å². The molecular weight excluding hydrogens is 491 g/mol. The fourth-order valence-corrected chi connectivity index (χ4v) is 4.77. The summed E-state index contributed by atoms with van der Waals surface area (Å²) >= 11 is 0. The predicted molar refractivity (Wildman–Crippen MR) is 139 cm³/mol. The van der Waals surface area contributed by atoms with Crippen LogP contribution in [0.15, 0.2) is 54.7 Å². The number of fused-ring (bicyclic) bond motifs is 3. The van der Waals surface area contributed by atoms with Crippen LogP contribution in [0.4, 0.5) is 23.7 Å². The topological polar surface area (TPSA) is 54.5 Å². The van der Waals surface area contributed by atoms with Crippen LogP contribution in [0.2, 0.25) is 0 Å². The van der Waals surface area contributed by atoms with Crippen molar-refractivity contribution >= 4 is 28.7 Å². The van der Waals surface area contributed by atoms with Gasteiger partial charge in [0.2, 0.25) is 5.95 Å². The number of pyridine rings is 1. The average molecular weight is 516 g/mol. The van der Waals surface area contributed by atoms with Crippen molar-refractivity contribution in [1.29, 1.82) is 0 Å². The van der Waals surface area contributed by atoms with Gasteiger partial charge in [-0.2, -0.15) is 4.39 Å². The van der Waals surface area contributed by atoms with E-state index in [2.05, 4.69) is 20.0 Å². The van der Waals surface area contributed by atoms with Crippen LogP contribution in [-0.4, -0.2) is 33.6 Å². The van der Waals surface area contributed by atoms with Crippen molar-refractivity contribution in [2.45, 2.75) is 26.4 Å². The minimum Gasteiger partial charge on any atom is -0.333 e. The maximum absolute atomic E-state index is 13.9. The molecule has 0 bridgehead atoms. The van der Waals surface area contributed by atoms with Gasteiger partial charge >= 0.3 is 6.03 Å². The quantitative estimate of drug-likeness (QED) is 0.257. The molecule has 192 valence electrons. The fraction of sp³-hybridized carbons (Fsp3) is 0.207. The third kappa shape index (κ3) is 5.04. The van der Waals surface area contributed by atoms with Crippen molar-refractivity contribution in [1.82, 2.24) is 19.8 Å². The molecule has 6 nitrogen and oxygen atoms in total. The maximum atomic E-state index is 13.9. The minimum atomic E-state index is -0.612. The number of aromatic nitrogens is 2. The van der Waals surface area contributed by atoms with Gasteiger partial charge in [-0.15, -0.1) is 0 Å². The molecule has 0 saturated carbocycles. The van der Waals surface area contributed by atoms with Crippen molar-refractivity contribution in [2.24, 2.45) is 0 Å². The summed E-state index contributed by atoms with van der Waals surface area (Å²) in [5.41, 5.74) is 4.04. The van der Waals surface area contributed by atoms with Crippen LogP contribution in [0.3, 0.4) is 0 Å². The number of hydrogen-bond donors (Lipinski definition) is 1. The highest BCUT2D eigenvalue weighted by atomic mass is 19.1. The number of carbonyl (C=O) groups is 1. The molecule has 0 spiro atoms. The molecule has 2 aromatic carbocycles. The Morgan fingerprint density at radius 3 is 2.68 bits per heavy atom. The van der Waals surface area contributed by atoms with Gasteiger partial charge in [-0.1, -0.05) is 18.2 Å². The lowest BCUT2D eigenvalue weighted by atomic mass is 10.0. The first-order chi connectivity index (χ1) is 18.3. The minimum absolute atomic E-state index is 0.00198. The summed E-state index contributed by atoms with van der Waals surface area (Å²) in [6.45, 7) is 10.7. The number of nitrogens with one attached hydrogen (secondary N) is 1. The summed E-state index contributed by atoms with van der Waals surface area (Å²) in [6.07, 6.45) is 5.50. The van der Waals surface area contributed by atoms with E-state index >= 15 is 0 Å².